The molecule has 0 heterocycles. The van der Waals surface area contributed by atoms with E-state index in [4.69, 9.17) is 9.47 Å². The summed E-state index contributed by atoms with van der Waals surface area (Å²) < 4.78 is 13.1. The number of ether oxygens (including phenoxy) is 2. The molecule has 0 radical (unpaired) electrons. The second-order valence-electron chi connectivity index (χ2n) is 7.81. The van der Waals surface area contributed by atoms with Crippen LogP contribution in [0.15, 0.2) is 99.0 Å². The highest BCUT2D eigenvalue weighted by Crippen LogP contribution is 2.33. The zero-order valence-corrected chi connectivity index (χ0v) is 22.5. The third-order valence-electron chi connectivity index (χ3n) is 5.32. The molecule has 0 aliphatic rings. The van der Waals surface area contributed by atoms with Crippen molar-refractivity contribution in [3.63, 3.8) is 0 Å². The minimum absolute atomic E-state index is 0.353. The lowest BCUT2D eigenvalue weighted by Gasteiger charge is -2.17. The van der Waals surface area contributed by atoms with Crippen LogP contribution in [0.2, 0.25) is 0 Å². The van der Waals surface area contributed by atoms with Gasteiger partial charge in [-0.1, -0.05) is 53.2 Å². The number of halogens is 2. The van der Waals surface area contributed by atoms with E-state index in [9.17, 15) is 9.59 Å². The molecule has 6 nitrogen and oxygen atoms in total. The van der Waals surface area contributed by atoms with Gasteiger partial charge < -0.3 is 9.47 Å². The first-order chi connectivity index (χ1) is 17.4. The third-order valence-corrected chi connectivity index (χ3v) is 6.67. The number of amides is 1. The van der Waals surface area contributed by atoms with Gasteiger partial charge >= 0.3 is 5.97 Å². The summed E-state index contributed by atoms with van der Waals surface area (Å²) >= 11 is 6.93. The van der Waals surface area contributed by atoms with Crippen molar-refractivity contribution in [3.05, 3.63) is 105 Å². The van der Waals surface area contributed by atoms with E-state index >= 15 is 0 Å². The van der Waals surface area contributed by atoms with E-state index in [0.29, 0.717) is 23.5 Å². The molecule has 8 heteroatoms. The van der Waals surface area contributed by atoms with Crippen molar-refractivity contribution in [1.29, 1.82) is 0 Å². The Labute approximate surface area is 225 Å². The standard InChI is InChI=1S/C28H22Br2N2O4/c1-2-24(36-25-16-11-19-5-3-4-6-23(19)26(25)30)27(33)32-31-17-18-7-14-22(15-8-18)35-28(34)20-9-12-21(29)13-10-20/h3-17,24H,2H2,1H3,(H,32,33)/b31-17-/t24-/m1/s1. The van der Waals surface area contributed by atoms with Gasteiger partial charge in [0, 0.05) is 4.47 Å². The molecule has 0 aromatic heterocycles. The number of benzene rings is 4. The molecule has 1 atom stereocenters. The van der Waals surface area contributed by atoms with Gasteiger partial charge in [-0.25, -0.2) is 10.2 Å². The highest BCUT2D eigenvalue weighted by Gasteiger charge is 2.19. The number of fused-ring (bicyclic) bond motifs is 1. The fourth-order valence-corrected chi connectivity index (χ4v) is 4.25. The largest absolute Gasteiger partial charge is 0.479 e. The summed E-state index contributed by atoms with van der Waals surface area (Å²) in [6, 6.07) is 25.4. The molecule has 0 bridgehead atoms. The van der Waals surface area contributed by atoms with Crippen molar-refractivity contribution in [1.82, 2.24) is 5.43 Å². The molecule has 0 spiro atoms. The van der Waals surface area contributed by atoms with E-state index in [1.54, 1.807) is 48.5 Å². The molecule has 0 unspecified atom stereocenters. The molecule has 36 heavy (non-hydrogen) atoms. The highest BCUT2D eigenvalue weighted by atomic mass is 79.9. The number of hydrogen-bond donors (Lipinski definition) is 1. The van der Waals surface area contributed by atoms with Crippen LogP contribution in [0.1, 0.15) is 29.3 Å². The van der Waals surface area contributed by atoms with Crippen LogP contribution in [0, 0.1) is 0 Å². The number of nitrogens with one attached hydrogen (secondary N) is 1. The number of carbonyl (C=O) groups is 2. The van der Waals surface area contributed by atoms with Crippen molar-refractivity contribution < 1.29 is 19.1 Å². The number of rotatable bonds is 8. The Morgan fingerprint density at radius 1 is 0.944 bits per heavy atom. The maximum Gasteiger partial charge on any atom is 0.343 e. The minimum Gasteiger partial charge on any atom is -0.479 e. The van der Waals surface area contributed by atoms with Gasteiger partial charge in [-0.15, -0.1) is 0 Å². The Bertz CT molecular complexity index is 1400. The average molecular weight is 610 g/mol. The first kappa shape index (κ1) is 25.6. The smallest absolute Gasteiger partial charge is 0.343 e. The lowest BCUT2D eigenvalue weighted by Crippen LogP contribution is -2.35. The van der Waals surface area contributed by atoms with Crippen LogP contribution in [0.3, 0.4) is 0 Å². The summed E-state index contributed by atoms with van der Waals surface area (Å²) in [6.07, 6.45) is 1.27. The van der Waals surface area contributed by atoms with Crippen LogP contribution in [-0.2, 0) is 4.79 Å². The topological polar surface area (TPSA) is 77.0 Å². The predicted molar refractivity (Wildman–Crippen MR) is 148 cm³/mol. The first-order valence-electron chi connectivity index (χ1n) is 11.2. The molecule has 4 aromatic rings. The average Bonchev–Trinajstić information content (AvgIpc) is 2.90. The number of esters is 1. The molecule has 0 fully saturated rings. The Balaban J connectivity index is 1.33. The first-order valence-corrected chi connectivity index (χ1v) is 12.8. The van der Waals surface area contributed by atoms with E-state index in [0.717, 1.165) is 25.3 Å². The number of hydrogen-bond acceptors (Lipinski definition) is 5. The van der Waals surface area contributed by atoms with Crippen LogP contribution < -0.4 is 14.9 Å². The Morgan fingerprint density at radius 3 is 2.39 bits per heavy atom. The van der Waals surface area contributed by atoms with Gasteiger partial charge in [-0.2, -0.15) is 5.10 Å². The van der Waals surface area contributed by atoms with Crippen molar-refractivity contribution in [2.45, 2.75) is 19.4 Å². The van der Waals surface area contributed by atoms with Gasteiger partial charge in [0.25, 0.3) is 5.91 Å². The van der Waals surface area contributed by atoms with E-state index < -0.39 is 12.1 Å². The summed E-state index contributed by atoms with van der Waals surface area (Å²) in [5, 5.41) is 6.13. The van der Waals surface area contributed by atoms with Crippen LogP contribution in [0.5, 0.6) is 11.5 Å². The summed E-state index contributed by atoms with van der Waals surface area (Å²) in [6.45, 7) is 1.87. The minimum atomic E-state index is -0.708. The maximum absolute atomic E-state index is 12.6. The zero-order valence-electron chi connectivity index (χ0n) is 19.3. The summed E-state index contributed by atoms with van der Waals surface area (Å²) in [7, 11) is 0. The van der Waals surface area contributed by atoms with Crippen LogP contribution in [0.25, 0.3) is 10.8 Å². The van der Waals surface area contributed by atoms with Crippen LogP contribution >= 0.6 is 31.9 Å². The zero-order chi connectivity index (χ0) is 25.5. The van der Waals surface area contributed by atoms with E-state index in [2.05, 4.69) is 42.4 Å². The van der Waals surface area contributed by atoms with Crippen molar-refractivity contribution >= 4 is 60.7 Å². The molecule has 4 rings (SSSR count). The quantitative estimate of drug-likeness (QED) is 0.102. The second kappa shape index (κ2) is 12.0. The normalized spacial score (nSPS) is 11.9. The molecule has 0 aliphatic heterocycles. The molecule has 0 aliphatic carbocycles. The lowest BCUT2D eigenvalue weighted by molar-refractivity contribution is -0.128. The van der Waals surface area contributed by atoms with Crippen molar-refractivity contribution in [2.24, 2.45) is 5.10 Å². The van der Waals surface area contributed by atoms with E-state index in [1.165, 1.54) is 6.21 Å². The maximum atomic E-state index is 12.6. The van der Waals surface area contributed by atoms with Crippen LogP contribution in [0.4, 0.5) is 0 Å². The third kappa shape index (κ3) is 6.38. The second-order valence-corrected chi connectivity index (χ2v) is 9.52. The van der Waals surface area contributed by atoms with Gasteiger partial charge in [-0.3, -0.25) is 4.79 Å². The fraction of sp³-hybridized carbons (Fsp3) is 0.107. The van der Waals surface area contributed by atoms with Crippen molar-refractivity contribution in [3.8, 4) is 11.5 Å². The number of nitrogens with zero attached hydrogens (tertiary/aromatic N) is 1. The van der Waals surface area contributed by atoms with Gasteiger partial charge in [0.15, 0.2) is 6.10 Å². The van der Waals surface area contributed by atoms with Gasteiger partial charge in [0.05, 0.1) is 16.3 Å². The summed E-state index contributed by atoms with van der Waals surface area (Å²) in [4.78, 5) is 24.9. The van der Waals surface area contributed by atoms with E-state index in [-0.39, 0.29) is 5.91 Å². The molecule has 1 N–H and O–H groups in total. The fourth-order valence-electron chi connectivity index (χ4n) is 3.40. The van der Waals surface area contributed by atoms with E-state index in [1.807, 2.05) is 43.3 Å². The number of carbonyl (C=O) groups excluding carboxylic acids is 2. The molecule has 4 aromatic carbocycles. The monoisotopic (exact) mass is 608 g/mol. The highest BCUT2D eigenvalue weighted by molar-refractivity contribution is 9.11. The molecule has 1 amide bonds. The Kier molecular flexibility index (Phi) is 8.51. The molecule has 182 valence electrons. The van der Waals surface area contributed by atoms with Gasteiger partial charge in [-0.05, 0) is 93.3 Å². The summed E-state index contributed by atoms with van der Waals surface area (Å²) in [5.41, 5.74) is 3.71. The van der Waals surface area contributed by atoms with Gasteiger partial charge in [0.1, 0.15) is 11.5 Å². The Morgan fingerprint density at radius 2 is 1.67 bits per heavy atom. The van der Waals surface area contributed by atoms with Crippen molar-refractivity contribution in [2.75, 3.05) is 0 Å². The molecular formula is C28H22Br2N2O4. The van der Waals surface area contributed by atoms with Gasteiger partial charge in [0.2, 0.25) is 0 Å². The summed E-state index contributed by atoms with van der Waals surface area (Å²) in [5.74, 6) is 0.200. The lowest BCUT2D eigenvalue weighted by atomic mass is 10.1. The predicted octanol–water partition coefficient (Wildman–Crippen LogP) is 6.89. The number of hydrazone groups is 1. The molecule has 0 saturated carbocycles. The Hall–Kier alpha value is -3.49. The SMILES string of the molecule is CC[C@@H](Oc1ccc2ccccc2c1Br)C(=O)N/N=C\c1ccc(OC(=O)c2ccc(Br)cc2)cc1. The van der Waals surface area contributed by atoms with Crippen LogP contribution in [-0.4, -0.2) is 24.2 Å². The molecular weight excluding hydrogens is 588 g/mol. The molecule has 0 saturated heterocycles.